The topological polar surface area (TPSA) is 73.1 Å². The molecule has 9 heteroatoms. The summed E-state index contributed by atoms with van der Waals surface area (Å²) in [5, 5.41) is 8.76. The van der Waals surface area contributed by atoms with Crippen LogP contribution in [0.15, 0.2) is 6.07 Å². The first kappa shape index (κ1) is 12.4. The lowest BCUT2D eigenvalue weighted by molar-refractivity contribution is -0.389. The average Bonchev–Trinajstić information content (AvgIpc) is 2.15. The van der Waals surface area contributed by atoms with E-state index >= 15 is 0 Å². The van der Waals surface area contributed by atoms with Crippen LogP contribution in [0.2, 0.25) is 0 Å². The highest BCUT2D eigenvalue weighted by Crippen LogP contribution is 2.28. The second-order valence-corrected chi connectivity index (χ2v) is 2.90. The predicted octanol–water partition coefficient (Wildman–Crippen LogP) is 2.45. The van der Waals surface area contributed by atoms with Crippen LogP contribution in [-0.2, 0) is 0 Å². The molecular weight excluding hydrogens is 253 g/mol. The van der Waals surface area contributed by atoms with Crippen LogP contribution < -0.4 is 0 Å². The summed E-state index contributed by atoms with van der Waals surface area (Å²) in [4.78, 5) is 22.8. The van der Waals surface area contributed by atoms with Crippen LogP contribution in [-0.4, -0.2) is 15.1 Å². The summed E-state index contributed by atoms with van der Waals surface area (Å²) in [7, 11) is 0. The van der Waals surface area contributed by atoms with E-state index in [1.165, 1.54) is 0 Å². The Bertz CT molecular complexity index is 466. The number of halogens is 4. The Morgan fingerprint density at radius 2 is 2.12 bits per heavy atom. The molecule has 1 heterocycles. The summed E-state index contributed by atoms with van der Waals surface area (Å²) in [6, 6.07) is 0.199. The molecule has 0 aliphatic rings. The Kier molecular flexibility index (Phi) is 3.43. The molecule has 0 unspecified atom stereocenters. The number of carbonyl (C=O) groups is 1. The number of aromatic nitrogens is 1. The number of pyridine rings is 1. The van der Waals surface area contributed by atoms with E-state index in [1.807, 2.05) is 0 Å². The Morgan fingerprint density at radius 1 is 1.56 bits per heavy atom. The van der Waals surface area contributed by atoms with Crippen molar-refractivity contribution in [3.05, 3.63) is 33.3 Å². The molecule has 0 radical (unpaired) electrons. The van der Waals surface area contributed by atoms with E-state index in [9.17, 15) is 28.1 Å². The van der Waals surface area contributed by atoms with Crippen LogP contribution in [0.5, 0.6) is 0 Å². The Balaban J connectivity index is 3.52. The van der Waals surface area contributed by atoms with Crippen molar-refractivity contribution in [2.45, 2.75) is 6.43 Å². The van der Waals surface area contributed by atoms with Gasteiger partial charge in [-0.15, -0.1) is 0 Å². The van der Waals surface area contributed by atoms with Gasteiger partial charge in [-0.25, -0.2) is 13.2 Å². The first-order valence-corrected chi connectivity index (χ1v) is 4.05. The van der Waals surface area contributed by atoms with Gasteiger partial charge in [-0.05, 0) is 21.5 Å². The normalized spacial score (nSPS) is 10.6. The van der Waals surface area contributed by atoms with Crippen LogP contribution in [0.4, 0.5) is 19.0 Å². The van der Waals surface area contributed by atoms with Gasteiger partial charge in [0.2, 0.25) is 5.69 Å². The maximum absolute atomic E-state index is 13.0. The zero-order valence-electron chi connectivity index (χ0n) is 7.29. The van der Waals surface area contributed by atoms with Gasteiger partial charge in [0, 0.05) is 0 Å². The van der Waals surface area contributed by atoms with Crippen LogP contribution in [0, 0.1) is 15.9 Å². The molecule has 1 rings (SSSR count). The molecule has 0 spiro atoms. The van der Waals surface area contributed by atoms with Crippen LogP contribution in [0.25, 0.3) is 0 Å². The maximum atomic E-state index is 13.0. The Morgan fingerprint density at radius 3 is 2.50 bits per heavy atom. The first-order valence-electron chi connectivity index (χ1n) is 3.67. The molecule has 0 amide bonds. The molecule has 86 valence electrons. The highest BCUT2D eigenvalue weighted by molar-refractivity contribution is 6.67. The number of nitro groups is 1. The van der Waals surface area contributed by atoms with Crippen LogP contribution in [0.3, 0.4) is 0 Å². The monoisotopic (exact) mass is 254 g/mol. The van der Waals surface area contributed by atoms with Gasteiger partial charge in [0.25, 0.3) is 11.7 Å². The van der Waals surface area contributed by atoms with Crippen molar-refractivity contribution >= 4 is 22.7 Å². The SMILES string of the molecule is O=C(Cl)c1nc([N+](=O)[O-])cc(F)c1C(F)F. The molecule has 1 aromatic heterocycles. The number of carbonyl (C=O) groups excluding carboxylic acids is 1. The summed E-state index contributed by atoms with van der Waals surface area (Å²) >= 11 is 4.88. The van der Waals surface area contributed by atoms with Gasteiger partial charge in [-0.3, -0.25) is 4.79 Å². The molecule has 16 heavy (non-hydrogen) atoms. The third kappa shape index (κ3) is 2.27. The lowest BCUT2D eigenvalue weighted by atomic mass is 10.2. The number of alkyl halides is 2. The maximum Gasteiger partial charge on any atom is 0.367 e. The number of rotatable bonds is 3. The van der Waals surface area contributed by atoms with Gasteiger partial charge in [0.05, 0.1) is 6.07 Å². The minimum atomic E-state index is -3.34. The van der Waals surface area contributed by atoms with Crippen LogP contribution >= 0.6 is 11.6 Å². The fourth-order valence-corrected chi connectivity index (χ4v) is 1.11. The third-order valence-corrected chi connectivity index (χ3v) is 1.77. The van der Waals surface area contributed by atoms with E-state index in [2.05, 4.69) is 4.98 Å². The lowest BCUT2D eigenvalue weighted by Gasteiger charge is -2.02. The molecule has 0 aliphatic heterocycles. The molecule has 0 saturated heterocycles. The van der Waals surface area contributed by atoms with E-state index in [-0.39, 0.29) is 6.07 Å². The molecule has 0 bridgehead atoms. The minimum Gasteiger partial charge on any atom is -0.358 e. The fraction of sp³-hybridized carbons (Fsp3) is 0.143. The van der Waals surface area contributed by atoms with Crippen molar-refractivity contribution in [2.24, 2.45) is 0 Å². The van der Waals surface area contributed by atoms with Gasteiger partial charge in [0.1, 0.15) is 11.4 Å². The van der Waals surface area contributed by atoms with Crippen molar-refractivity contribution in [3.63, 3.8) is 0 Å². The zero-order chi connectivity index (χ0) is 12.5. The van der Waals surface area contributed by atoms with Crippen LogP contribution in [0.1, 0.15) is 22.5 Å². The second-order valence-electron chi connectivity index (χ2n) is 2.56. The summed E-state index contributed by atoms with van der Waals surface area (Å²) in [6.45, 7) is 0. The van der Waals surface area contributed by atoms with Crippen molar-refractivity contribution in [3.8, 4) is 0 Å². The highest BCUT2D eigenvalue weighted by atomic mass is 35.5. The van der Waals surface area contributed by atoms with Crippen molar-refractivity contribution < 1.29 is 22.9 Å². The molecular formula is C7H2ClF3N2O3. The van der Waals surface area contributed by atoms with Gasteiger partial charge in [-0.1, -0.05) is 0 Å². The number of hydrogen-bond acceptors (Lipinski definition) is 4. The molecule has 1 aromatic rings. The summed E-state index contributed by atoms with van der Waals surface area (Å²) in [6.07, 6.45) is -3.34. The molecule has 0 aromatic carbocycles. The second kappa shape index (κ2) is 4.44. The number of hydrogen-bond donors (Lipinski definition) is 0. The standard InChI is InChI=1S/C7H2ClF3N2O3/c8-6(14)5-4(7(10)11)2(9)1-3(12-5)13(15)16/h1,7H. The van der Waals surface area contributed by atoms with Crippen molar-refractivity contribution in [1.82, 2.24) is 4.98 Å². The molecule has 0 N–H and O–H groups in total. The van der Waals surface area contributed by atoms with Crippen molar-refractivity contribution in [1.29, 1.82) is 0 Å². The fourth-order valence-electron chi connectivity index (χ4n) is 0.962. The Hall–Kier alpha value is -1.70. The zero-order valence-corrected chi connectivity index (χ0v) is 8.04. The Labute approximate surface area is 91.0 Å². The third-order valence-electron chi connectivity index (χ3n) is 1.59. The molecule has 0 saturated carbocycles. The summed E-state index contributed by atoms with van der Waals surface area (Å²) in [5.74, 6) is -2.66. The van der Waals surface area contributed by atoms with Crippen molar-refractivity contribution in [2.75, 3.05) is 0 Å². The van der Waals surface area contributed by atoms with Gasteiger partial charge < -0.3 is 10.1 Å². The van der Waals surface area contributed by atoms with Gasteiger partial charge >= 0.3 is 5.82 Å². The molecule has 0 atom stereocenters. The minimum absolute atomic E-state index is 0.199. The molecule has 5 nitrogen and oxygen atoms in total. The van der Waals surface area contributed by atoms with Gasteiger partial charge in [-0.2, -0.15) is 0 Å². The summed E-state index contributed by atoms with van der Waals surface area (Å²) < 4.78 is 37.7. The van der Waals surface area contributed by atoms with Gasteiger partial charge in [0.15, 0.2) is 0 Å². The smallest absolute Gasteiger partial charge is 0.358 e. The molecule has 0 aliphatic carbocycles. The van der Waals surface area contributed by atoms with E-state index < -0.39 is 39.5 Å². The van der Waals surface area contributed by atoms with E-state index in [0.717, 1.165) is 0 Å². The quantitative estimate of drug-likeness (QED) is 0.472. The highest BCUT2D eigenvalue weighted by Gasteiger charge is 2.30. The number of nitrogens with zero attached hydrogens (tertiary/aromatic N) is 2. The predicted molar refractivity (Wildman–Crippen MR) is 46.0 cm³/mol. The van der Waals surface area contributed by atoms with E-state index in [0.29, 0.717) is 0 Å². The van der Waals surface area contributed by atoms with E-state index in [1.54, 1.807) is 0 Å². The van der Waals surface area contributed by atoms with E-state index in [4.69, 9.17) is 11.6 Å². The lowest BCUT2D eigenvalue weighted by Crippen LogP contribution is -2.08. The summed E-state index contributed by atoms with van der Waals surface area (Å²) in [5.41, 5.74) is -2.49. The first-order chi connectivity index (χ1) is 7.34. The largest absolute Gasteiger partial charge is 0.367 e. The molecule has 0 fully saturated rings. The average molecular weight is 255 g/mol.